The van der Waals surface area contributed by atoms with E-state index in [0.29, 0.717) is 17.1 Å². The summed E-state index contributed by atoms with van der Waals surface area (Å²) in [5.74, 6) is 3.02. The standard InChI is InChI=1S/C22H25Cl2N5OS/c1-14-19(30-13-25-14)20-26-27-21(28(20)2)31-7-3-5-29-6-4-22(12-29)11-18(22)15-8-16(23)10-17(24)9-15/h8-10,13,18H,3-7,11-12H2,1-2H3/t18?,22-/m0/s1. The van der Waals surface area contributed by atoms with Crippen molar-refractivity contribution < 1.29 is 4.42 Å². The zero-order valence-electron chi connectivity index (χ0n) is 17.6. The number of aryl methyl sites for hydroxylation is 1. The molecule has 0 bridgehead atoms. The van der Waals surface area contributed by atoms with Gasteiger partial charge in [0.15, 0.2) is 17.3 Å². The van der Waals surface area contributed by atoms with Crippen LogP contribution < -0.4 is 0 Å². The Bertz CT molecular complexity index is 1080. The zero-order valence-corrected chi connectivity index (χ0v) is 20.0. The van der Waals surface area contributed by atoms with Gasteiger partial charge in [0, 0.05) is 29.4 Å². The van der Waals surface area contributed by atoms with Crippen LogP contribution in [0.15, 0.2) is 34.2 Å². The highest BCUT2D eigenvalue weighted by Crippen LogP contribution is 2.64. The number of rotatable bonds is 7. The summed E-state index contributed by atoms with van der Waals surface area (Å²) in [7, 11) is 1.97. The van der Waals surface area contributed by atoms with Gasteiger partial charge in [-0.05, 0) is 74.4 Å². The number of thioether (sulfide) groups is 1. The molecule has 0 radical (unpaired) electrons. The van der Waals surface area contributed by atoms with Crippen molar-refractivity contribution in [2.45, 2.75) is 37.3 Å². The normalized spacial score (nSPS) is 23.2. The molecule has 1 unspecified atom stereocenters. The first-order chi connectivity index (χ1) is 14.9. The van der Waals surface area contributed by atoms with Crippen LogP contribution in [0.1, 0.15) is 36.4 Å². The fourth-order valence-electron chi connectivity index (χ4n) is 4.83. The molecule has 0 N–H and O–H groups in total. The molecule has 3 aromatic rings. The second-order valence-corrected chi connectivity index (χ2v) is 10.6. The van der Waals surface area contributed by atoms with Gasteiger partial charge < -0.3 is 13.9 Å². The second-order valence-electron chi connectivity index (χ2n) is 8.68. The summed E-state index contributed by atoms with van der Waals surface area (Å²) >= 11 is 14.2. The number of aromatic nitrogens is 4. The molecule has 1 saturated heterocycles. The number of likely N-dealkylation sites (tertiary alicyclic amines) is 1. The second kappa shape index (κ2) is 8.43. The summed E-state index contributed by atoms with van der Waals surface area (Å²) in [6, 6.07) is 5.98. The van der Waals surface area contributed by atoms with Crippen molar-refractivity contribution in [1.29, 1.82) is 0 Å². The molecule has 2 aromatic heterocycles. The predicted octanol–water partition coefficient (Wildman–Crippen LogP) is 5.45. The van der Waals surface area contributed by atoms with Crippen LogP contribution in [0.25, 0.3) is 11.6 Å². The average Bonchev–Trinajstić information content (AvgIpc) is 2.99. The molecule has 31 heavy (non-hydrogen) atoms. The van der Waals surface area contributed by atoms with Gasteiger partial charge >= 0.3 is 0 Å². The van der Waals surface area contributed by atoms with Gasteiger partial charge in [-0.1, -0.05) is 35.0 Å². The van der Waals surface area contributed by atoms with Crippen molar-refractivity contribution in [3.05, 3.63) is 45.9 Å². The molecule has 0 amide bonds. The van der Waals surface area contributed by atoms with E-state index in [9.17, 15) is 0 Å². The van der Waals surface area contributed by atoms with Crippen LogP contribution in [-0.4, -0.2) is 50.0 Å². The van der Waals surface area contributed by atoms with E-state index in [0.717, 1.165) is 45.4 Å². The molecule has 5 rings (SSSR count). The maximum atomic E-state index is 6.21. The highest BCUT2D eigenvalue weighted by Gasteiger charge is 2.57. The van der Waals surface area contributed by atoms with Crippen LogP contribution in [0.2, 0.25) is 10.0 Å². The highest BCUT2D eigenvalue weighted by atomic mass is 35.5. The Morgan fingerprint density at radius 3 is 2.77 bits per heavy atom. The van der Waals surface area contributed by atoms with Crippen LogP contribution in [0.4, 0.5) is 0 Å². The van der Waals surface area contributed by atoms with Crippen molar-refractivity contribution in [1.82, 2.24) is 24.6 Å². The van der Waals surface area contributed by atoms with E-state index < -0.39 is 0 Å². The summed E-state index contributed by atoms with van der Waals surface area (Å²) in [5.41, 5.74) is 2.55. The van der Waals surface area contributed by atoms with Gasteiger partial charge in [0.05, 0.1) is 5.69 Å². The molecule has 2 aliphatic rings. The Morgan fingerprint density at radius 1 is 1.23 bits per heavy atom. The van der Waals surface area contributed by atoms with E-state index in [1.807, 2.05) is 24.6 Å². The predicted molar refractivity (Wildman–Crippen MR) is 124 cm³/mol. The Morgan fingerprint density at radius 2 is 2.03 bits per heavy atom. The Hall–Kier alpha value is -1.54. The number of oxazole rings is 1. The SMILES string of the molecule is Cc1ncoc1-c1nnc(SCCCN2CC[C@]3(CC3c3cc(Cl)cc(Cl)c3)C2)n1C. The number of hydrogen-bond donors (Lipinski definition) is 0. The van der Waals surface area contributed by atoms with Crippen molar-refractivity contribution >= 4 is 35.0 Å². The Kier molecular flexibility index (Phi) is 5.79. The minimum absolute atomic E-state index is 0.425. The quantitative estimate of drug-likeness (QED) is 0.333. The number of halogens is 2. The van der Waals surface area contributed by atoms with Crippen LogP contribution in [-0.2, 0) is 7.05 Å². The fourth-order valence-corrected chi connectivity index (χ4v) is 6.21. The number of nitrogens with zero attached hydrogens (tertiary/aromatic N) is 5. The van der Waals surface area contributed by atoms with Crippen LogP contribution in [0.5, 0.6) is 0 Å². The van der Waals surface area contributed by atoms with Crippen LogP contribution in [0, 0.1) is 12.3 Å². The molecule has 1 spiro atoms. The lowest BCUT2D eigenvalue weighted by atomic mass is 9.98. The molecular weight excluding hydrogens is 453 g/mol. The van der Waals surface area contributed by atoms with Gasteiger partial charge in [0.25, 0.3) is 0 Å². The minimum Gasteiger partial charge on any atom is -0.440 e. The Balaban J connectivity index is 1.11. The third-order valence-electron chi connectivity index (χ3n) is 6.57. The summed E-state index contributed by atoms with van der Waals surface area (Å²) in [6.45, 7) is 5.37. The highest BCUT2D eigenvalue weighted by molar-refractivity contribution is 7.99. The lowest BCUT2D eigenvalue weighted by Crippen LogP contribution is -2.23. The lowest BCUT2D eigenvalue weighted by molar-refractivity contribution is 0.319. The van der Waals surface area contributed by atoms with Crippen molar-refractivity contribution in [3.63, 3.8) is 0 Å². The molecule has 9 heteroatoms. The average molecular weight is 478 g/mol. The van der Waals surface area contributed by atoms with E-state index in [1.165, 1.54) is 37.9 Å². The summed E-state index contributed by atoms with van der Waals surface area (Å²) < 4.78 is 7.43. The van der Waals surface area contributed by atoms with Crippen molar-refractivity contribution in [2.24, 2.45) is 12.5 Å². The molecule has 164 valence electrons. The van der Waals surface area contributed by atoms with E-state index in [4.69, 9.17) is 27.6 Å². The largest absolute Gasteiger partial charge is 0.440 e. The first-order valence-corrected chi connectivity index (χ1v) is 12.3. The van der Waals surface area contributed by atoms with Gasteiger partial charge in [0.1, 0.15) is 0 Å². The van der Waals surface area contributed by atoms with Gasteiger partial charge in [-0.25, -0.2) is 4.98 Å². The van der Waals surface area contributed by atoms with Crippen LogP contribution >= 0.6 is 35.0 Å². The van der Waals surface area contributed by atoms with Crippen molar-refractivity contribution in [2.75, 3.05) is 25.4 Å². The maximum absolute atomic E-state index is 6.21. The Labute approximate surface area is 196 Å². The number of hydrogen-bond acceptors (Lipinski definition) is 6. The van der Waals surface area contributed by atoms with E-state index in [1.54, 1.807) is 11.8 Å². The molecule has 1 aromatic carbocycles. The molecule has 1 aliphatic heterocycles. The summed E-state index contributed by atoms with van der Waals surface area (Å²) in [6.07, 6.45) is 5.08. The van der Waals surface area contributed by atoms with Gasteiger partial charge in [-0.3, -0.25) is 0 Å². The van der Waals surface area contributed by atoms with Crippen LogP contribution in [0.3, 0.4) is 0 Å². The van der Waals surface area contributed by atoms with Crippen molar-refractivity contribution in [3.8, 4) is 11.6 Å². The third-order valence-corrected chi connectivity index (χ3v) is 8.12. The monoisotopic (exact) mass is 477 g/mol. The minimum atomic E-state index is 0.425. The fraction of sp³-hybridized carbons (Fsp3) is 0.500. The number of benzene rings is 1. The maximum Gasteiger partial charge on any atom is 0.202 e. The smallest absolute Gasteiger partial charge is 0.202 e. The van der Waals surface area contributed by atoms with E-state index >= 15 is 0 Å². The molecule has 2 fully saturated rings. The third kappa shape index (κ3) is 4.25. The summed E-state index contributed by atoms with van der Waals surface area (Å²) in [4.78, 5) is 6.74. The first kappa shape index (κ1) is 21.3. The van der Waals surface area contributed by atoms with E-state index in [2.05, 4.69) is 32.2 Å². The lowest BCUT2D eigenvalue weighted by Gasteiger charge is -2.16. The molecule has 3 heterocycles. The molecule has 1 saturated carbocycles. The topological polar surface area (TPSA) is 60.0 Å². The van der Waals surface area contributed by atoms with Gasteiger partial charge in [0.2, 0.25) is 5.82 Å². The molecule has 6 nitrogen and oxygen atoms in total. The van der Waals surface area contributed by atoms with Gasteiger partial charge in [-0.2, -0.15) is 0 Å². The molecule has 1 aliphatic carbocycles. The van der Waals surface area contributed by atoms with Gasteiger partial charge in [-0.15, -0.1) is 10.2 Å². The first-order valence-electron chi connectivity index (χ1n) is 10.6. The van der Waals surface area contributed by atoms with E-state index in [-0.39, 0.29) is 0 Å². The summed E-state index contributed by atoms with van der Waals surface area (Å²) in [5, 5.41) is 11.0. The molecule has 2 atom stereocenters. The molecular formula is C22H25Cl2N5OS. The zero-order chi connectivity index (χ0) is 21.6.